The van der Waals surface area contributed by atoms with Gasteiger partial charge in [-0.2, -0.15) is 0 Å². The van der Waals surface area contributed by atoms with Gasteiger partial charge in [0.05, 0.1) is 0 Å². The molecule has 0 rings (SSSR count). The standard InChI is InChI=1S/C29H33O8P/c1-3-5-7-9-11-13-15-17-19-21-23-25-28(31)37-29(26-35-38(32,33)34)36-27(30)24-22-20-18-16-14-12-10-8-6-4-2/h29H,4,6,8,10,12,14,16,18,20,22,24,26H2,1-2H3,(H2,32,33,34). The van der Waals surface area contributed by atoms with Crippen molar-refractivity contribution in [3.8, 4) is 71.0 Å². The Balaban J connectivity index is 4.58. The maximum atomic E-state index is 12.1. The molecule has 0 aliphatic rings. The average molecular weight is 541 g/mol. The number of carbonyl (C=O) groups is 2. The Morgan fingerprint density at radius 2 is 1.18 bits per heavy atom. The summed E-state index contributed by atoms with van der Waals surface area (Å²) in [4.78, 5) is 41.7. The molecule has 1 atom stereocenters. The first kappa shape index (κ1) is 34.4. The number of unbranched alkanes of at least 4 members (excludes halogenated alkanes) is 9. The number of carbonyl (C=O) groups excluding carboxylic acids is 2. The molecule has 0 aliphatic carbocycles. The lowest BCUT2D eigenvalue weighted by atomic mass is 10.1. The van der Waals surface area contributed by atoms with E-state index in [2.05, 4.69) is 76.6 Å². The predicted octanol–water partition coefficient (Wildman–Crippen LogP) is 3.86. The molecule has 2 N–H and O–H groups in total. The summed E-state index contributed by atoms with van der Waals surface area (Å²) >= 11 is 0. The molecule has 0 amide bonds. The van der Waals surface area contributed by atoms with Crippen LogP contribution in [0.15, 0.2) is 0 Å². The van der Waals surface area contributed by atoms with E-state index in [4.69, 9.17) is 19.3 Å². The second-order valence-electron chi connectivity index (χ2n) is 7.67. The molecule has 38 heavy (non-hydrogen) atoms. The normalized spacial score (nSPS) is 9.89. The van der Waals surface area contributed by atoms with Crippen LogP contribution in [0.25, 0.3) is 0 Å². The first-order valence-corrected chi connectivity index (χ1v) is 13.8. The van der Waals surface area contributed by atoms with Crippen LogP contribution in [0, 0.1) is 71.0 Å². The van der Waals surface area contributed by atoms with Crippen LogP contribution in [0.4, 0.5) is 0 Å². The fourth-order valence-electron chi connectivity index (χ4n) is 2.76. The molecule has 8 nitrogen and oxygen atoms in total. The Hall–Kier alpha value is -3.59. The van der Waals surface area contributed by atoms with Gasteiger partial charge in [-0.1, -0.05) is 70.6 Å². The lowest BCUT2D eigenvalue weighted by Gasteiger charge is -2.17. The molecule has 0 aromatic carbocycles. The highest BCUT2D eigenvalue weighted by Crippen LogP contribution is 2.36. The first-order valence-electron chi connectivity index (χ1n) is 12.3. The topological polar surface area (TPSA) is 119 Å². The summed E-state index contributed by atoms with van der Waals surface area (Å²) in [5.41, 5.74) is 0. The Labute approximate surface area is 226 Å². The van der Waals surface area contributed by atoms with Gasteiger partial charge in [-0.15, -0.1) is 0 Å². The van der Waals surface area contributed by atoms with Gasteiger partial charge in [0.2, 0.25) is 0 Å². The Bertz CT molecular complexity index is 1160. The maximum Gasteiger partial charge on any atom is 0.469 e. The number of phosphoric ester groups is 1. The third-order valence-corrected chi connectivity index (χ3v) is 4.95. The van der Waals surface area contributed by atoms with E-state index in [9.17, 15) is 14.2 Å². The average Bonchev–Trinajstić information content (AvgIpc) is 2.86. The highest BCUT2D eigenvalue weighted by atomic mass is 31.2. The van der Waals surface area contributed by atoms with Gasteiger partial charge in [0, 0.05) is 12.3 Å². The maximum absolute atomic E-state index is 12.1. The van der Waals surface area contributed by atoms with Gasteiger partial charge >= 0.3 is 19.8 Å². The zero-order valence-electron chi connectivity index (χ0n) is 21.9. The molecule has 0 radical (unpaired) electrons. The van der Waals surface area contributed by atoms with Gasteiger partial charge in [0.25, 0.3) is 6.29 Å². The van der Waals surface area contributed by atoms with E-state index in [0.717, 1.165) is 19.3 Å². The van der Waals surface area contributed by atoms with Crippen LogP contribution < -0.4 is 0 Å². The van der Waals surface area contributed by atoms with Crippen LogP contribution in [0.2, 0.25) is 0 Å². The van der Waals surface area contributed by atoms with E-state index in [1.807, 2.05) is 5.92 Å². The highest BCUT2D eigenvalue weighted by molar-refractivity contribution is 7.46. The van der Waals surface area contributed by atoms with E-state index >= 15 is 0 Å². The fraction of sp³-hybridized carbons (Fsp3) is 0.517. The van der Waals surface area contributed by atoms with Crippen LogP contribution in [0.5, 0.6) is 0 Å². The molecular formula is C29H33O8P. The Kier molecular flexibility index (Phi) is 21.5. The lowest BCUT2D eigenvalue weighted by Crippen LogP contribution is -2.28. The molecular weight excluding hydrogens is 507 g/mol. The number of ether oxygens (including phenoxy) is 2. The molecule has 0 saturated heterocycles. The largest absolute Gasteiger partial charge is 0.469 e. The molecule has 0 aromatic rings. The monoisotopic (exact) mass is 540 g/mol. The van der Waals surface area contributed by atoms with Crippen molar-refractivity contribution in [1.29, 1.82) is 0 Å². The summed E-state index contributed by atoms with van der Waals surface area (Å²) in [7, 11) is -4.88. The lowest BCUT2D eigenvalue weighted by molar-refractivity contribution is -0.189. The van der Waals surface area contributed by atoms with Gasteiger partial charge in [0.15, 0.2) is 0 Å². The zero-order valence-corrected chi connectivity index (χ0v) is 22.7. The molecule has 0 saturated carbocycles. The van der Waals surface area contributed by atoms with E-state index in [0.29, 0.717) is 6.42 Å². The van der Waals surface area contributed by atoms with Crippen LogP contribution >= 0.6 is 7.82 Å². The number of phosphoric acid groups is 1. The van der Waals surface area contributed by atoms with E-state index in [1.165, 1.54) is 38.5 Å². The second kappa shape index (κ2) is 23.8. The fourth-order valence-corrected chi connectivity index (χ4v) is 3.07. The smallest absolute Gasteiger partial charge is 0.422 e. The number of hydrogen-bond donors (Lipinski definition) is 2. The minimum absolute atomic E-state index is 0.0662. The van der Waals surface area contributed by atoms with Gasteiger partial charge in [-0.3, -0.25) is 9.32 Å². The first-order chi connectivity index (χ1) is 18.3. The molecule has 0 aromatic heterocycles. The van der Waals surface area contributed by atoms with Crippen molar-refractivity contribution in [2.45, 2.75) is 90.8 Å². The number of hydrogen-bond acceptors (Lipinski definition) is 6. The van der Waals surface area contributed by atoms with Crippen molar-refractivity contribution < 1.29 is 37.9 Å². The Morgan fingerprint density at radius 3 is 1.68 bits per heavy atom. The minimum atomic E-state index is -4.88. The molecule has 9 heteroatoms. The Morgan fingerprint density at radius 1 is 0.711 bits per heavy atom. The number of esters is 2. The van der Waals surface area contributed by atoms with Crippen LogP contribution in [0.3, 0.4) is 0 Å². The van der Waals surface area contributed by atoms with Crippen LogP contribution in [0.1, 0.15) is 84.5 Å². The number of rotatable bonds is 16. The zero-order chi connectivity index (χ0) is 28.3. The summed E-state index contributed by atoms with van der Waals surface area (Å²) in [6, 6.07) is 0. The summed E-state index contributed by atoms with van der Waals surface area (Å²) in [6.07, 6.45) is 9.32. The molecule has 0 heterocycles. The summed E-state index contributed by atoms with van der Waals surface area (Å²) in [5, 5.41) is 0. The van der Waals surface area contributed by atoms with Crippen LogP contribution in [-0.4, -0.2) is 34.6 Å². The molecule has 1 unspecified atom stereocenters. The van der Waals surface area contributed by atoms with Crippen LogP contribution in [-0.2, 0) is 28.2 Å². The molecule has 0 spiro atoms. The third kappa shape index (κ3) is 25.5. The SMILES string of the molecule is CC#CC#CC#CC#CC#CC#CC(=O)OC(COP(=O)(O)O)OC(=O)CCCCCCCCCCCC. The van der Waals surface area contributed by atoms with Gasteiger partial charge in [-0.05, 0) is 72.5 Å². The van der Waals surface area contributed by atoms with Crippen molar-refractivity contribution in [1.82, 2.24) is 0 Å². The van der Waals surface area contributed by atoms with Crippen molar-refractivity contribution >= 4 is 19.8 Å². The van der Waals surface area contributed by atoms with Crippen molar-refractivity contribution in [2.24, 2.45) is 0 Å². The summed E-state index contributed by atoms with van der Waals surface area (Å²) in [5.74, 6) is 26.7. The summed E-state index contributed by atoms with van der Waals surface area (Å²) < 4.78 is 25.1. The quantitative estimate of drug-likeness (QED) is 0.0757. The molecule has 0 fully saturated rings. The molecule has 0 aliphatic heterocycles. The molecule has 0 bridgehead atoms. The van der Waals surface area contributed by atoms with E-state index in [1.54, 1.807) is 6.92 Å². The van der Waals surface area contributed by atoms with Crippen molar-refractivity contribution in [3.05, 3.63) is 0 Å². The van der Waals surface area contributed by atoms with Gasteiger partial charge < -0.3 is 19.3 Å². The summed E-state index contributed by atoms with van der Waals surface area (Å²) in [6.45, 7) is 2.98. The molecule has 202 valence electrons. The van der Waals surface area contributed by atoms with E-state index in [-0.39, 0.29) is 6.42 Å². The second-order valence-corrected chi connectivity index (χ2v) is 8.91. The van der Waals surface area contributed by atoms with Crippen molar-refractivity contribution in [2.75, 3.05) is 6.61 Å². The van der Waals surface area contributed by atoms with Gasteiger partial charge in [0.1, 0.15) is 6.61 Å². The minimum Gasteiger partial charge on any atom is -0.422 e. The van der Waals surface area contributed by atoms with Crippen molar-refractivity contribution in [3.63, 3.8) is 0 Å². The van der Waals surface area contributed by atoms with E-state index < -0.39 is 32.7 Å². The van der Waals surface area contributed by atoms with Gasteiger partial charge in [-0.25, -0.2) is 9.36 Å². The predicted molar refractivity (Wildman–Crippen MR) is 143 cm³/mol. The third-order valence-electron chi connectivity index (χ3n) is 4.47. The highest BCUT2D eigenvalue weighted by Gasteiger charge is 2.24.